The standard InChI is InChI=1S/C31H56N2O8/c1-20(36)40-26(17-29(41-21(2)37)25-7-5-3-4-6-22(14-25)19-35)9-8-23-15-30(39-13-12-34)28(38)18-27(23)24-10-11-33-31(32)16-24/h22-31,33-35,38H,3-19,32H2,1-2H3/p+1/t22-,23?,24?,25-,26-,27?,28?,29-,30?,31?/m1/s1. The van der Waals surface area contributed by atoms with Gasteiger partial charge in [-0.3, -0.25) is 15.3 Å². The van der Waals surface area contributed by atoms with Gasteiger partial charge in [0.15, 0.2) is 0 Å². The number of aliphatic hydroxyl groups is 3. The van der Waals surface area contributed by atoms with E-state index < -0.39 is 12.2 Å². The van der Waals surface area contributed by atoms with Crippen LogP contribution in [0.5, 0.6) is 0 Å². The maximum atomic E-state index is 12.2. The van der Waals surface area contributed by atoms with E-state index in [9.17, 15) is 24.9 Å². The molecule has 10 atom stereocenters. The molecule has 0 aromatic heterocycles. The molecule has 3 rings (SSSR count). The lowest BCUT2D eigenvalue weighted by molar-refractivity contribution is -0.699. The maximum Gasteiger partial charge on any atom is 0.302 e. The molecule has 1 aliphatic heterocycles. The first-order chi connectivity index (χ1) is 19.7. The van der Waals surface area contributed by atoms with Crippen LogP contribution in [0.2, 0.25) is 0 Å². The zero-order valence-corrected chi connectivity index (χ0v) is 25.3. The van der Waals surface area contributed by atoms with Crippen molar-refractivity contribution in [1.29, 1.82) is 0 Å². The molecule has 6 unspecified atom stereocenters. The number of hydrogen-bond donors (Lipinski definition) is 5. The minimum Gasteiger partial charge on any atom is -0.462 e. The summed E-state index contributed by atoms with van der Waals surface area (Å²) in [7, 11) is 0. The summed E-state index contributed by atoms with van der Waals surface area (Å²) in [5.41, 5.74) is 6.30. The third-order valence-corrected chi connectivity index (χ3v) is 9.81. The highest BCUT2D eigenvalue weighted by molar-refractivity contribution is 5.66. The molecule has 7 N–H and O–H groups in total. The molecule has 3 fully saturated rings. The van der Waals surface area contributed by atoms with Crippen LogP contribution < -0.4 is 11.1 Å². The molecule has 0 radical (unpaired) electrons. The van der Waals surface area contributed by atoms with Crippen LogP contribution in [0, 0.1) is 29.6 Å². The monoisotopic (exact) mass is 585 g/mol. The van der Waals surface area contributed by atoms with Gasteiger partial charge in [0.1, 0.15) is 18.4 Å². The minimum atomic E-state index is -0.582. The van der Waals surface area contributed by atoms with Crippen molar-refractivity contribution in [1.82, 2.24) is 0 Å². The molecule has 0 bridgehead atoms. The third-order valence-electron chi connectivity index (χ3n) is 9.81. The smallest absolute Gasteiger partial charge is 0.302 e. The highest BCUT2D eigenvalue weighted by Gasteiger charge is 2.42. The average Bonchev–Trinajstić information content (AvgIpc) is 2.90. The van der Waals surface area contributed by atoms with Gasteiger partial charge in [0.05, 0.1) is 32.0 Å². The molecule has 2 aliphatic carbocycles. The fourth-order valence-corrected chi connectivity index (χ4v) is 7.88. The number of nitrogens with two attached hydrogens (primary N) is 2. The van der Waals surface area contributed by atoms with Gasteiger partial charge in [0, 0.05) is 33.3 Å². The van der Waals surface area contributed by atoms with Gasteiger partial charge in [-0.1, -0.05) is 19.3 Å². The fourth-order valence-electron chi connectivity index (χ4n) is 7.88. The second kappa shape index (κ2) is 17.7. The van der Waals surface area contributed by atoms with Crippen molar-refractivity contribution < 1.29 is 44.4 Å². The molecule has 0 aromatic rings. The molecule has 0 spiro atoms. The lowest BCUT2D eigenvalue weighted by Crippen LogP contribution is -2.94. The molecule has 1 heterocycles. The molecule has 2 saturated carbocycles. The van der Waals surface area contributed by atoms with Gasteiger partial charge in [0.25, 0.3) is 0 Å². The van der Waals surface area contributed by atoms with E-state index in [1.165, 1.54) is 13.8 Å². The summed E-state index contributed by atoms with van der Waals surface area (Å²) in [5.74, 6) is 0.573. The predicted molar refractivity (Wildman–Crippen MR) is 153 cm³/mol. The zero-order chi connectivity index (χ0) is 29.8. The Morgan fingerprint density at radius 1 is 0.976 bits per heavy atom. The molecule has 10 heteroatoms. The summed E-state index contributed by atoms with van der Waals surface area (Å²) in [4.78, 5) is 24.3. The molecule has 0 aromatic carbocycles. The van der Waals surface area contributed by atoms with Gasteiger partial charge in [-0.05, 0) is 81.0 Å². The van der Waals surface area contributed by atoms with Crippen molar-refractivity contribution in [3.8, 4) is 0 Å². The summed E-state index contributed by atoms with van der Waals surface area (Å²) in [6, 6.07) is 0. The lowest BCUT2D eigenvalue weighted by atomic mass is 9.66. The summed E-state index contributed by atoms with van der Waals surface area (Å²) in [6.45, 7) is 4.06. The van der Waals surface area contributed by atoms with Crippen molar-refractivity contribution in [3.05, 3.63) is 0 Å². The maximum absolute atomic E-state index is 12.2. The molecule has 3 aliphatic rings. The second-order valence-electron chi connectivity index (χ2n) is 12.9. The number of rotatable bonds is 13. The fraction of sp³-hybridized carbons (Fsp3) is 0.935. The summed E-state index contributed by atoms with van der Waals surface area (Å²) < 4.78 is 17.6. The largest absolute Gasteiger partial charge is 0.462 e. The Kier molecular flexibility index (Phi) is 14.8. The van der Waals surface area contributed by atoms with E-state index in [-0.39, 0.29) is 73.8 Å². The minimum absolute atomic E-state index is 0.0692. The molecular weight excluding hydrogens is 528 g/mol. The first-order valence-corrected chi connectivity index (χ1v) is 16.1. The number of carbonyl (C=O) groups excluding carboxylic acids is 2. The Morgan fingerprint density at radius 3 is 2.41 bits per heavy atom. The van der Waals surface area contributed by atoms with E-state index in [0.29, 0.717) is 31.6 Å². The van der Waals surface area contributed by atoms with Crippen LogP contribution in [0.1, 0.15) is 97.3 Å². The van der Waals surface area contributed by atoms with Crippen LogP contribution >= 0.6 is 0 Å². The van der Waals surface area contributed by atoms with Crippen LogP contribution in [0.3, 0.4) is 0 Å². The Bertz CT molecular complexity index is 785. The summed E-state index contributed by atoms with van der Waals surface area (Å²) >= 11 is 0. The van der Waals surface area contributed by atoms with Crippen molar-refractivity contribution in [2.45, 2.75) is 128 Å². The van der Waals surface area contributed by atoms with E-state index in [1.54, 1.807) is 0 Å². The molecule has 238 valence electrons. The SMILES string of the molecule is CC(=O)O[C@H](CCC1CC(OCCO)C(O)CC1C1CC[NH2+]C(N)C1)C[C@@H](OC(C)=O)[C@@H]1CCCCC[C@@H](CO)C1. The Labute approximate surface area is 246 Å². The van der Waals surface area contributed by atoms with Crippen LogP contribution in [-0.2, 0) is 23.8 Å². The van der Waals surface area contributed by atoms with Crippen LogP contribution in [0.25, 0.3) is 0 Å². The van der Waals surface area contributed by atoms with Gasteiger partial charge in [-0.25, -0.2) is 0 Å². The second-order valence-corrected chi connectivity index (χ2v) is 12.9. The van der Waals surface area contributed by atoms with Gasteiger partial charge >= 0.3 is 11.9 Å². The first kappa shape index (κ1) is 34.2. The van der Waals surface area contributed by atoms with Crippen molar-refractivity contribution in [2.75, 3.05) is 26.4 Å². The van der Waals surface area contributed by atoms with E-state index in [4.69, 9.17) is 19.9 Å². The highest BCUT2D eigenvalue weighted by atomic mass is 16.6. The molecule has 41 heavy (non-hydrogen) atoms. The summed E-state index contributed by atoms with van der Waals surface area (Å²) in [5, 5.41) is 32.3. The van der Waals surface area contributed by atoms with Gasteiger partial charge in [-0.2, -0.15) is 0 Å². The third kappa shape index (κ3) is 11.4. The van der Waals surface area contributed by atoms with E-state index in [1.807, 2.05) is 0 Å². The number of piperidine rings is 1. The highest BCUT2D eigenvalue weighted by Crippen LogP contribution is 2.43. The lowest BCUT2D eigenvalue weighted by Gasteiger charge is -2.44. The zero-order valence-electron chi connectivity index (χ0n) is 25.3. The molecule has 1 saturated heterocycles. The Morgan fingerprint density at radius 2 is 1.73 bits per heavy atom. The quantitative estimate of drug-likeness (QED) is 0.202. The number of quaternary nitrogens is 1. The van der Waals surface area contributed by atoms with Crippen LogP contribution in [0.15, 0.2) is 0 Å². The molecule has 10 nitrogen and oxygen atoms in total. The van der Waals surface area contributed by atoms with E-state index in [2.05, 4.69) is 5.32 Å². The van der Waals surface area contributed by atoms with E-state index in [0.717, 1.165) is 64.3 Å². The summed E-state index contributed by atoms with van der Waals surface area (Å²) in [6.07, 6.45) is 9.48. The van der Waals surface area contributed by atoms with Gasteiger partial charge in [-0.15, -0.1) is 0 Å². The normalized spacial score (nSPS) is 34.6. The molecule has 0 amide bonds. The number of hydrogen-bond acceptors (Lipinski definition) is 9. The average molecular weight is 586 g/mol. The van der Waals surface area contributed by atoms with Crippen molar-refractivity contribution in [2.24, 2.45) is 35.3 Å². The number of carbonyl (C=O) groups is 2. The molecular formula is C31H57N2O8+. The van der Waals surface area contributed by atoms with E-state index >= 15 is 0 Å². The number of esters is 2. The topological polar surface area (TPSA) is 165 Å². The van der Waals surface area contributed by atoms with Crippen LogP contribution in [0.4, 0.5) is 0 Å². The predicted octanol–water partition coefficient (Wildman–Crippen LogP) is 1.62. The number of ether oxygens (including phenoxy) is 3. The first-order valence-electron chi connectivity index (χ1n) is 16.1. The van der Waals surface area contributed by atoms with Gasteiger partial charge < -0.3 is 34.8 Å². The van der Waals surface area contributed by atoms with Gasteiger partial charge in [0.2, 0.25) is 0 Å². The van der Waals surface area contributed by atoms with Crippen molar-refractivity contribution in [3.63, 3.8) is 0 Å². The van der Waals surface area contributed by atoms with Crippen molar-refractivity contribution >= 4 is 11.9 Å². The van der Waals surface area contributed by atoms with Crippen LogP contribution in [-0.4, -0.2) is 84.2 Å². The Hall–Kier alpha value is -1.30. The number of aliphatic hydroxyl groups excluding tert-OH is 3. The Balaban J connectivity index is 1.74.